The molecule has 3 heteroatoms. The molecule has 1 aliphatic rings. The summed E-state index contributed by atoms with van der Waals surface area (Å²) in [7, 11) is 0. The van der Waals surface area contributed by atoms with Gasteiger partial charge in [0.1, 0.15) is 5.75 Å². The van der Waals surface area contributed by atoms with Crippen molar-refractivity contribution < 1.29 is 5.11 Å². The molecule has 0 aliphatic heterocycles. The van der Waals surface area contributed by atoms with Crippen molar-refractivity contribution in [2.75, 3.05) is 6.54 Å². The molecule has 1 fully saturated rings. The van der Waals surface area contributed by atoms with Gasteiger partial charge in [-0.15, -0.1) is 0 Å². The van der Waals surface area contributed by atoms with Gasteiger partial charge in [-0.2, -0.15) is 0 Å². The largest absolute Gasteiger partial charge is 0.508 e. The van der Waals surface area contributed by atoms with Gasteiger partial charge in [-0.25, -0.2) is 0 Å². The van der Waals surface area contributed by atoms with Gasteiger partial charge in [0.15, 0.2) is 0 Å². The molecule has 0 saturated heterocycles. The van der Waals surface area contributed by atoms with E-state index >= 15 is 0 Å². The number of aromatic nitrogens is 1. The fourth-order valence-corrected chi connectivity index (χ4v) is 3.50. The molecule has 0 bridgehead atoms. The summed E-state index contributed by atoms with van der Waals surface area (Å²) < 4.78 is 0. The molecule has 0 spiro atoms. The van der Waals surface area contributed by atoms with Crippen LogP contribution >= 0.6 is 0 Å². The molecule has 0 radical (unpaired) electrons. The maximum Gasteiger partial charge on any atom is 0.115 e. The van der Waals surface area contributed by atoms with E-state index in [4.69, 9.17) is 0 Å². The number of hydrogen-bond donors (Lipinski definition) is 2. The number of phenolic OH excluding ortho intramolecular Hbond substituents is 1. The van der Waals surface area contributed by atoms with Gasteiger partial charge in [-0.05, 0) is 80.8 Å². The van der Waals surface area contributed by atoms with E-state index in [9.17, 15) is 5.11 Å². The lowest BCUT2D eigenvalue weighted by molar-refractivity contribution is 0.342. The lowest BCUT2D eigenvalue weighted by Gasteiger charge is -2.29. The van der Waals surface area contributed by atoms with Gasteiger partial charge in [0.2, 0.25) is 0 Å². The number of nitrogens with one attached hydrogen (secondary N) is 1. The fourth-order valence-electron chi connectivity index (χ4n) is 3.50. The highest BCUT2D eigenvalue weighted by Gasteiger charge is 2.21. The first-order valence-corrected chi connectivity index (χ1v) is 8.73. The van der Waals surface area contributed by atoms with Crippen LogP contribution in [-0.2, 0) is 6.42 Å². The SMILES string of the molecule is Oc1ccc(C2CCC(NCCCc3ccccn3)CC2)cc1. The van der Waals surface area contributed by atoms with E-state index < -0.39 is 0 Å². The molecule has 23 heavy (non-hydrogen) atoms. The molecule has 0 amide bonds. The minimum absolute atomic E-state index is 0.358. The van der Waals surface area contributed by atoms with Crippen LogP contribution in [0.2, 0.25) is 0 Å². The minimum atomic E-state index is 0.358. The molecule has 1 saturated carbocycles. The zero-order valence-electron chi connectivity index (χ0n) is 13.6. The first kappa shape index (κ1) is 16.0. The third kappa shape index (κ3) is 4.80. The molecule has 1 heterocycles. The minimum Gasteiger partial charge on any atom is -0.508 e. The highest BCUT2D eigenvalue weighted by Crippen LogP contribution is 2.33. The molecule has 1 aliphatic carbocycles. The van der Waals surface area contributed by atoms with Crippen LogP contribution in [0.5, 0.6) is 5.75 Å². The lowest BCUT2D eigenvalue weighted by Crippen LogP contribution is -2.33. The van der Waals surface area contributed by atoms with Crippen molar-refractivity contribution in [2.45, 2.75) is 50.5 Å². The highest BCUT2D eigenvalue weighted by atomic mass is 16.3. The highest BCUT2D eigenvalue weighted by molar-refractivity contribution is 5.28. The molecule has 3 nitrogen and oxygen atoms in total. The average Bonchev–Trinajstić information content (AvgIpc) is 2.61. The smallest absolute Gasteiger partial charge is 0.115 e. The Morgan fingerprint density at radius 3 is 2.48 bits per heavy atom. The van der Waals surface area contributed by atoms with Crippen LogP contribution in [0.4, 0.5) is 0 Å². The quantitative estimate of drug-likeness (QED) is 0.792. The number of aromatic hydroxyl groups is 1. The molecule has 0 atom stereocenters. The summed E-state index contributed by atoms with van der Waals surface area (Å²) in [5.74, 6) is 1.01. The summed E-state index contributed by atoms with van der Waals surface area (Å²) in [4.78, 5) is 4.37. The Kier molecular flexibility index (Phi) is 5.65. The van der Waals surface area contributed by atoms with Crippen molar-refractivity contribution in [3.63, 3.8) is 0 Å². The Morgan fingerprint density at radius 1 is 1.00 bits per heavy atom. The summed E-state index contributed by atoms with van der Waals surface area (Å²) in [5.41, 5.74) is 2.56. The van der Waals surface area contributed by atoms with Crippen molar-refractivity contribution in [2.24, 2.45) is 0 Å². The third-order valence-electron chi connectivity index (χ3n) is 4.86. The number of aryl methyl sites for hydroxylation is 1. The Hall–Kier alpha value is -1.87. The standard InChI is InChI=1S/C20H26N2O/c23-20-12-8-17(9-13-20)16-6-10-19(11-7-16)22-15-3-5-18-4-1-2-14-21-18/h1-2,4,8-9,12-14,16,19,22-23H,3,5-7,10-11,15H2. The van der Waals surface area contributed by atoms with Crippen molar-refractivity contribution >= 4 is 0 Å². The van der Waals surface area contributed by atoms with Crippen molar-refractivity contribution in [3.8, 4) is 5.75 Å². The van der Waals surface area contributed by atoms with Crippen LogP contribution in [0, 0.1) is 0 Å². The van der Waals surface area contributed by atoms with E-state index in [0.29, 0.717) is 17.7 Å². The van der Waals surface area contributed by atoms with E-state index in [-0.39, 0.29) is 0 Å². The molecule has 1 aromatic carbocycles. The van der Waals surface area contributed by atoms with Crippen molar-refractivity contribution in [1.82, 2.24) is 10.3 Å². The summed E-state index contributed by atoms with van der Waals surface area (Å²) in [6.07, 6.45) is 9.04. The molecular formula is C20H26N2O. The lowest BCUT2D eigenvalue weighted by atomic mass is 9.82. The molecular weight excluding hydrogens is 284 g/mol. The van der Waals surface area contributed by atoms with Crippen LogP contribution in [0.25, 0.3) is 0 Å². The van der Waals surface area contributed by atoms with E-state index in [0.717, 1.165) is 19.4 Å². The number of phenols is 1. The topological polar surface area (TPSA) is 45.1 Å². The van der Waals surface area contributed by atoms with Crippen LogP contribution in [-0.4, -0.2) is 22.7 Å². The number of pyridine rings is 1. The summed E-state index contributed by atoms with van der Waals surface area (Å²) >= 11 is 0. The van der Waals surface area contributed by atoms with Crippen LogP contribution in [0.15, 0.2) is 48.7 Å². The second-order valence-corrected chi connectivity index (χ2v) is 6.52. The number of rotatable bonds is 6. The van der Waals surface area contributed by atoms with Gasteiger partial charge in [0.25, 0.3) is 0 Å². The average molecular weight is 310 g/mol. The maximum absolute atomic E-state index is 9.39. The summed E-state index contributed by atoms with van der Waals surface area (Å²) in [6, 6.07) is 14.5. The van der Waals surface area contributed by atoms with Gasteiger partial charge in [-0.3, -0.25) is 4.98 Å². The van der Waals surface area contributed by atoms with Crippen molar-refractivity contribution in [1.29, 1.82) is 0 Å². The maximum atomic E-state index is 9.39. The molecule has 3 rings (SSSR count). The van der Waals surface area contributed by atoms with E-state index in [1.54, 1.807) is 12.1 Å². The molecule has 122 valence electrons. The second kappa shape index (κ2) is 8.11. The Morgan fingerprint density at radius 2 is 1.78 bits per heavy atom. The van der Waals surface area contributed by atoms with Gasteiger partial charge in [0.05, 0.1) is 0 Å². The first-order chi connectivity index (χ1) is 11.3. The number of nitrogens with zero attached hydrogens (tertiary/aromatic N) is 1. The van der Waals surface area contributed by atoms with Gasteiger partial charge in [0, 0.05) is 17.9 Å². The Labute approximate surface area is 138 Å². The van der Waals surface area contributed by atoms with Crippen LogP contribution < -0.4 is 5.32 Å². The molecule has 2 aromatic rings. The van der Waals surface area contributed by atoms with Gasteiger partial charge in [-0.1, -0.05) is 18.2 Å². The van der Waals surface area contributed by atoms with Crippen LogP contribution in [0.1, 0.15) is 49.3 Å². The van der Waals surface area contributed by atoms with E-state index in [2.05, 4.69) is 34.6 Å². The fraction of sp³-hybridized carbons (Fsp3) is 0.450. The predicted octanol–water partition coefficient (Wildman–Crippen LogP) is 4.04. The first-order valence-electron chi connectivity index (χ1n) is 8.73. The van der Waals surface area contributed by atoms with E-state index in [1.807, 2.05) is 12.3 Å². The molecule has 0 unspecified atom stereocenters. The second-order valence-electron chi connectivity index (χ2n) is 6.52. The van der Waals surface area contributed by atoms with Gasteiger partial charge >= 0.3 is 0 Å². The van der Waals surface area contributed by atoms with Crippen LogP contribution in [0.3, 0.4) is 0 Å². The Bertz CT molecular complexity index is 574. The third-order valence-corrected chi connectivity index (χ3v) is 4.86. The van der Waals surface area contributed by atoms with Crippen molar-refractivity contribution in [3.05, 3.63) is 59.9 Å². The Balaban J connectivity index is 1.35. The summed E-state index contributed by atoms with van der Waals surface area (Å²) in [5, 5.41) is 13.1. The summed E-state index contributed by atoms with van der Waals surface area (Å²) in [6.45, 7) is 1.07. The predicted molar refractivity (Wildman–Crippen MR) is 93.7 cm³/mol. The number of benzene rings is 1. The normalized spacial score (nSPS) is 21.2. The molecule has 1 aromatic heterocycles. The monoisotopic (exact) mass is 310 g/mol. The zero-order chi connectivity index (χ0) is 15.9. The van der Waals surface area contributed by atoms with E-state index in [1.165, 1.54) is 36.9 Å². The zero-order valence-corrected chi connectivity index (χ0v) is 13.6. The molecule has 2 N–H and O–H groups in total. The van der Waals surface area contributed by atoms with Gasteiger partial charge < -0.3 is 10.4 Å². The number of hydrogen-bond acceptors (Lipinski definition) is 3.